The lowest BCUT2D eigenvalue weighted by Gasteiger charge is -2.22. The summed E-state index contributed by atoms with van der Waals surface area (Å²) in [6.45, 7) is 0.720. The molecule has 1 aliphatic carbocycles. The lowest BCUT2D eigenvalue weighted by Crippen LogP contribution is -2.31. The molecule has 1 fully saturated rings. The molecule has 0 unspecified atom stereocenters. The number of amides is 1. The van der Waals surface area contributed by atoms with Crippen molar-refractivity contribution in [2.75, 3.05) is 13.2 Å². The van der Waals surface area contributed by atoms with E-state index in [1.807, 2.05) is 0 Å². The van der Waals surface area contributed by atoms with E-state index < -0.39 is 5.97 Å². The second kappa shape index (κ2) is 7.83. The zero-order valence-corrected chi connectivity index (χ0v) is 12.1. The summed E-state index contributed by atoms with van der Waals surface area (Å²) in [6, 6.07) is 3.27. The third-order valence-electron chi connectivity index (χ3n) is 3.66. The molecule has 0 saturated heterocycles. The van der Waals surface area contributed by atoms with Gasteiger partial charge in [0, 0.05) is 12.7 Å². The number of carboxylic acids is 1. The highest BCUT2D eigenvalue weighted by Crippen LogP contribution is 2.19. The molecule has 0 atom stereocenters. The maximum absolute atomic E-state index is 12.0. The topological polar surface area (TPSA) is 80.6 Å². The maximum Gasteiger partial charge on any atom is 0.323 e. The first-order valence-corrected chi connectivity index (χ1v) is 7.43. The van der Waals surface area contributed by atoms with Crippen LogP contribution in [-0.4, -0.2) is 40.8 Å². The molecule has 21 heavy (non-hydrogen) atoms. The average Bonchev–Trinajstić information content (AvgIpc) is 2.92. The van der Waals surface area contributed by atoms with Gasteiger partial charge in [-0.1, -0.05) is 19.3 Å². The van der Waals surface area contributed by atoms with E-state index in [0.717, 1.165) is 12.8 Å². The zero-order chi connectivity index (χ0) is 15.1. The van der Waals surface area contributed by atoms with Gasteiger partial charge in [0.05, 0.1) is 12.7 Å². The summed E-state index contributed by atoms with van der Waals surface area (Å²) in [5, 5.41) is 11.5. The molecule has 6 heteroatoms. The smallest absolute Gasteiger partial charge is 0.323 e. The van der Waals surface area contributed by atoms with Crippen molar-refractivity contribution in [1.82, 2.24) is 9.88 Å². The van der Waals surface area contributed by atoms with E-state index in [1.165, 1.54) is 23.8 Å². The molecule has 1 amide bonds. The van der Waals surface area contributed by atoms with Gasteiger partial charge in [0.15, 0.2) is 0 Å². The van der Waals surface area contributed by atoms with E-state index >= 15 is 0 Å². The van der Waals surface area contributed by atoms with Crippen molar-refractivity contribution in [2.45, 2.75) is 44.8 Å². The predicted octanol–water partition coefficient (Wildman–Crippen LogP) is 1.65. The molecule has 1 aromatic rings. The van der Waals surface area contributed by atoms with Gasteiger partial charge in [-0.25, -0.2) is 0 Å². The number of aromatic nitrogens is 1. The highest BCUT2D eigenvalue weighted by molar-refractivity contribution is 5.93. The van der Waals surface area contributed by atoms with Crippen LogP contribution in [0.25, 0.3) is 0 Å². The molecule has 6 nitrogen and oxygen atoms in total. The Kier molecular flexibility index (Phi) is 5.80. The summed E-state index contributed by atoms with van der Waals surface area (Å²) >= 11 is 0. The normalized spacial score (nSPS) is 15.8. The first kappa shape index (κ1) is 15.6. The first-order valence-electron chi connectivity index (χ1n) is 7.43. The average molecular weight is 294 g/mol. The quantitative estimate of drug-likeness (QED) is 0.749. The van der Waals surface area contributed by atoms with Gasteiger partial charge in [0.25, 0.3) is 5.91 Å². The monoisotopic (exact) mass is 294 g/mol. The molecule has 1 heterocycles. The molecule has 0 bridgehead atoms. The predicted molar refractivity (Wildman–Crippen MR) is 77.2 cm³/mol. The number of nitrogens with one attached hydrogen (secondary N) is 1. The highest BCUT2D eigenvalue weighted by atomic mass is 16.5. The maximum atomic E-state index is 12.0. The molecular weight excluding hydrogens is 272 g/mol. The van der Waals surface area contributed by atoms with E-state index in [9.17, 15) is 9.59 Å². The SMILES string of the molecule is O=C(O)Cn1cccc1C(=O)NCCOC1CCCCC1. The van der Waals surface area contributed by atoms with E-state index in [1.54, 1.807) is 18.3 Å². The Morgan fingerprint density at radius 2 is 2.10 bits per heavy atom. The second-order valence-electron chi connectivity index (χ2n) is 5.30. The molecule has 116 valence electrons. The third kappa shape index (κ3) is 4.90. The number of nitrogens with zero attached hydrogens (tertiary/aromatic N) is 1. The molecule has 1 aromatic heterocycles. The van der Waals surface area contributed by atoms with E-state index in [-0.39, 0.29) is 12.5 Å². The summed E-state index contributed by atoms with van der Waals surface area (Å²) < 4.78 is 7.15. The van der Waals surface area contributed by atoms with Gasteiger partial charge in [-0.3, -0.25) is 9.59 Å². The van der Waals surface area contributed by atoms with Crippen LogP contribution < -0.4 is 5.32 Å². The van der Waals surface area contributed by atoms with Crippen molar-refractivity contribution in [2.24, 2.45) is 0 Å². The van der Waals surface area contributed by atoms with Crippen LogP contribution in [0.1, 0.15) is 42.6 Å². The second-order valence-corrected chi connectivity index (χ2v) is 5.30. The Labute approximate surface area is 124 Å². The van der Waals surface area contributed by atoms with Crippen LogP contribution in [0.4, 0.5) is 0 Å². The van der Waals surface area contributed by atoms with Crippen LogP contribution in [0, 0.1) is 0 Å². The summed E-state index contributed by atoms with van der Waals surface area (Å²) in [5.41, 5.74) is 0.357. The molecule has 0 aliphatic heterocycles. The van der Waals surface area contributed by atoms with Crippen molar-refractivity contribution in [3.63, 3.8) is 0 Å². The minimum atomic E-state index is -0.971. The van der Waals surface area contributed by atoms with E-state index in [2.05, 4.69) is 5.32 Å². The standard InChI is InChI=1S/C15H22N2O4/c18-14(19)11-17-9-4-7-13(17)15(20)16-8-10-21-12-5-2-1-3-6-12/h4,7,9,12H,1-3,5-6,8,10-11H2,(H,16,20)(H,18,19). The van der Waals surface area contributed by atoms with Gasteiger partial charge in [0.1, 0.15) is 12.2 Å². The third-order valence-corrected chi connectivity index (χ3v) is 3.66. The largest absolute Gasteiger partial charge is 0.480 e. The number of carboxylic acid groups (broad SMARTS) is 1. The van der Waals surface area contributed by atoms with Crippen LogP contribution in [0.2, 0.25) is 0 Å². The zero-order valence-electron chi connectivity index (χ0n) is 12.1. The molecule has 0 aromatic carbocycles. The summed E-state index contributed by atoms with van der Waals surface area (Å²) in [4.78, 5) is 22.7. The fourth-order valence-corrected chi connectivity index (χ4v) is 2.62. The fourth-order valence-electron chi connectivity index (χ4n) is 2.62. The summed E-state index contributed by atoms with van der Waals surface area (Å²) in [6.07, 6.45) is 7.86. The Hall–Kier alpha value is -1.82. The summed E-state index contributed by atoms with van der Waals surface area (Å²) in [5.74, 6) is -1.24. The van der Waals surface area contributed by atoms with Crippen molar-refractivity contribution in [3.8, 4) is 0 Å². The number of carbonyl (C=O) groups excluding carboxylic acids is 1. The number of carbonyl (C=O) groups is 2. The van der Waals surface area contributed by atoms with Gasteiger partial charge in [-0.05, 0) is 25.0 Å². The molecule has 1 aliphatic rings. The number of ether oxygens (including phenoxy) is 1. The molecule has 2 N–H and O–H groups in total. The van der Waals surface area contributed by atoms with Crippen molar-refractivity contribution >= 4 is 11.9 Å². The van der Waals surface area contributed by atoms with Crippen LogP contribution in [0.5, 0.6) is 0 Å². The first-order chi connectivity index (χ1) is 10.2. The van der Waals surface area contributed by atoms with Crippen molar-refractivity contribution in [1.29, 1.82) is 0 Å². The number of hydrogen-bond acceptors (Lipinski definition) is 3. The van der Waals surface area contributed by atoms with Crippen LogP contribution in [0.15, 0.2) is 18.3 Å². The minimum absolute atomic E-state index is 0.214. The summed E-state index contributed by atoms with van der Waals surface area (Å²) in [7, 11) is 0. The van der Waals surface area contributed by atoms with Gasteiger partial charge in [-0.15, -0.1) is 0 Å². The van der Waals surface area contributed by atoms with E-state index in [4.69, 9.17) is 9.84 Å². The van der Waals surface area contributed by atoms with Gasteiger partial charge < -0.3 is 19.7 Å². The molecule has 0 radical (unpaired) electrons. The Balaban J connectivity index is 1.71. The van der Waals surface area contributed by atoms with Crippen LogP contribution in [-0.2, 0) is 16.1 Å². The number of hydrogen-bond donors (Lipinski definition) is 2. The van der Waals surface area contributed by atoms with Crippen LogP contribution in [0.3, 0.4) is 0 Å². The minimum Gasteiger partial charge on any atom is -0.480 e. The number of aliphatic carboxylic acids is 1. The number of rotatable bonds is 7. The van der Waals surface area contributed by atoms with Gasteiger partial charge in [0.2, 0.25) is 0 Å². The lowest BCUT2D eigenvalue weighted by molar-refractivity contribution is -0.137. The molecule has 1 saturated carbocycles. The van der Waals surface area contributed by atoms with Crippen molar-refractivity contribution in [3.05, 3.63) is 24.0 Å². The Morgan fingerprint density at radius 1 is 1.33 bits per heavy atom. The van der Waals surface area contributed by atoms with Gasteiger partial charge in [-0.2, -0.15) is 0 Å². The highest BCUT2D eigenvalue weighted by Gasteiger charge is 2.14. The fraction of sp³-hybridized carbons (Fsp3) is 0.600. The van der Waals surface area contributed by atoms with Crippen LogP contribution >= 0.6 is 0 Å². The Bertz CT molecular complexity index is 478. The lowest BCUT2D eigenvalue weighted by atomic mass is 9.98. The van der Waals surface area contributed by atoms with Gasteiger partial charge >= 0.3 is 5.97 Å². The van der Waals surface area contributed by atoms with Crippen molar-refractivity contribution < 1.29 is 19.4 Å². The molecule has 0 spiro atoms. The Morgan fingerprint density at radius 3 is 2.81 bits per heavy atom. The van der Waals surface area contributed by atoms with E-state index in [0.29, 0.717) is 24.9 Å². The molecule has 2 rings (SSSR count). The molecular formula is C15H22N2O4.